The van der Waals surface area contributed by atoms with Gasteiger partial charge < -0.3 is 10.1 Å². The summed E-state index contributed by atoms with van der Waals surface area (Å²) in [6.45, 7) is 1.85. The molecule has 0 atom stereocenters. The number of amides is 1. The molecule has 0 saturated heterocycles. The molecule has 2 aromatic heterocycles. The second-order valence-corrected chi connectivity index (χ2v) is 5.51. The lowest BCUT2D eigenvalue weighted by Crippen LogP contribution is -2.30. The third-order valence-electron chi connectivity index (χ3n) is 3.69. The quantitative estimate of drug-likeness (QED) is 0.689. The van der Waals surface area contributed by atoms with Gasteiger partial charge in [0.05, 0.1) is 5.69 Å². The van der Waals surface area contributed by atoms with Gasteiger partial charge in [-0.2, -0.15) is 5.10 Å². The number of carbonyl (C=O) groups is 2. The topological polar surface area (TPSA) is 85.6 Å². The number of benzene rings is 1. The summed E-state index contributed by atoms with van der Waals surface area (Å²) in [5.41, 5.74) is 2.33. The zero-order chi connectivity index (χ0) is 17.6. The Morgan fingerprint density at radius 3 is 2.80 bits per heavy atom. The third-order valence-corrected chi connectivity index (χ3v) is 3.69. The van der Waals surface area contributed by atoms with E-state index in [0.717, 1.165) is 12.0 Å². The molecule has 128 valence electrons. The van der Waals surface area contributed by atoms with Crippen LogP contribution in [0.1, 0.15) is 21.6 Å². The van der Waals surface area contributed by atoms with E-state index in [1.165, 1.54) is 4.52 Å². The number of nitrogens with one attached hydrogen (secondary N) is 1. The molecule has 1 amide bonds. The van der Waals surface area contributed by atoms with Crippen LogP contribution in [0.25, 0.3) is 5.65 Å². The maximum atomic E-state index is 12.2. The molecule has 2 heterocycles. The summed E-state index contributed by atoms with van der Waals surface area (Å²) >= 11 is 0. The molecule has 0 saturated carbocycles. The number of nitrogens with zero attached hydrogens (tertiary/aromatic N) is 3. The van der Waals surface area contributed by atoms with E-state index in [4.69, 9.17) is 4.74 Å². The summed E-state index contributed by atoms with van der Waals surface area (Å²) in [4.78, 5) is 28.2. The Hall–Kier alpha value is -3.22. The van der Waals surface area contributed by atoms with E-state index < -0.39 is 5.97 Å². The summed E-state index contributed by atoms with van der Waals surface area (Å²) in [5, 5.41) is 6.93. The van der Waals surface area contributed by atoms with Crippen molar-refractivity contribution in [1.29, 1.82) is 0 Å². The number of hydrogen-bond donors (Lipinski definition) is 1. The van der Waals surface area contributed by atoms with Gasteiger partial charge in [-0.3, -0.25) is 4.79 Å². The summed E-state index contributed by atoms with van der Waals surface area (Å²) in [5.74, 6) is -0.948. The zero-order valence-corrected chi connectivity index (χ0v) is 13.8. The Kier molecular flexibility index (Phi) is 5.03. The van der Waals surface area contributed by atoms with E-state index in [-0.39, 0.29) is 18.1 Å². The minimum atomic E-state index is -0.607. The molecule has 7 nitrogen and oxygen atoms in total. The highest BCUT2D eigenvalue weighted by Crippen LogP contribution is 2.13. The molecule has 0 aliphatic carbocycles. The second-order valence-electron chi connectivity index (χ2n) is 5.51. The van der Waals surface area contributed by atoms with Crippen molar-refractivity contribution >= 4 is 17.5 Å². The largest absolute Gasteiger partial charge is 0.452 e. The summed E-state index contributed by atoms with van der Waals surface area (Å²) < 4.78 is 6.60. The Labute approximate surface area is 144 Å². The molecule has 3 aromatic rings. The van der Waals surface area contributed by atoms with Crippen molar-refractivity contribution in [1.82, 2.24) is 19.9 Å². The lowest BCUT2D eigenvalue weighted by Gasteiger charge is -2.06. The van der Waals surface area contributed by atoms with Gasteiger partial charge in [0.2, 0.25) is 0 Å². The molecule has 1 N–H and O–H groups in total. The average molecular weight is 338 g/mol. The van der Waals surface area contributed by atoms with Crippen LogP contribution in [0.4, 0.5) is 0 Å². The van der Waals surface area contributed by atoms with Gasteiger partial charge >= 0.3 is 5.97 Å². The van der Waals surface area contributed by atoms with Gasteiger partial charge in [-0.25, -0.2) is 14.3 Å². The number of ether oxygens (including phenoxy) is 1. The molecule has 0 aliphatic rings. The first-order valence-electron chi connectivity index (χ1n) is 7.93. The van der Waals surface area contributed by atoms with Crippen molar-refractivity contribution in [2.75, 3.05) is 13.2 Å². The van der Waals surface area contributed by atoms with Crippen molar-refractivity contribution in [3.63, 3.8) is 0 Å². The van der Waals surface area contributed by atoms with Crippen LogP contribution in [0, 0.1) is 6.92 Å². The van der Waals surface area contributed by atoms with Gasteiger partial charge in [0, 0.05) is 18.9 Å². The van der Waals surface area contributed by atoms with Crippen molar-refractivity contribution in [3.8, 4) is 0 Å². The van der Waals surface area contributed by atoms with Gasteiger partial charge in [-0.1, -0.05) is 30.3 Å². The number of aryl methyl sites for hydroxylation is 1. The Bertz CT molecular complexity index is 890. The molecular formula is C18H18N4O3. The Morgan fingerprint density at radius 2 is 2.00 bits per heavy atom. The summed E-state index contributed by atoms with van der Waals surface area (Å²) in [7, 11) is 0. The summed E-state index contributed by atoms with van der Waals surface area (Å²) in [6, 6.07) is 11.5. The number of esters is 1. The van der Waals surface area contributed by atoms with Crippen LogP contribution in [0.2, 0.25) is 0 Å². The van der Waals surface area contributed by atoms with Crippen LogP contribution in [-0.4, -0.2) is 39.6 Å². The predicted octanol–water partition coefficient (Wildman–Crippen LogP) is 1.55. The molecule has 25 heavy (non-hydrogen) atoms. The van der Waals surface area contributed by atoms with Crippen LogP contribution in [0.15, 0.2) is 48.8 Å². The molecule has 0 spiro atoms. The average Bonchev–Trinajstić information content (AvgIpc) is 2.96. The fourth-order valence-electron chi connectivity index (χ4n) is 2.48. The first kappa shape index (κ1) is 16.6. The number of rotatable bonds is 6. The maximum Gasteiger partial charge on any atom is 0.344 e. The van der Waals surface area contributed by atoms with Crippen LogP contribution >= 0.6 is 0 Å². The Morgan fingerprint density at radius 1 is 1.20 bits per heavy atom. The van der Waals surface area contributed by atoms with E-state index in [0.29, 0.717) is 17.9 Å². The number of hydrogen-bond acceptors (Lipinski definition) is 5. The molecule has 0 aliphatic heterocycles. The highest BCUT2D eigenvalue weighted by molar-refractivity contribution is 5.98. The molecule has 3 rings (SSSR count). The fourth-order valence-corrected chi connectivity index (χ4v) is 2.48. The van der Waals surface area contributed by atoms with E-state index in [2.05, 4.69) is 15.4 Å². The van der Waals surface area contributed by atoms with Gasteiger partial charge in [0.25, 0.3) is 5.91 Å². The van der Waals surface area contributed by atoms with Crippen molar-refractivity contribution in [2.24, 2.45) is 0 Å². The standard InChI is InChI=1S/C18H18N4O3/c1-13-16(17-20-9-5-11-22(17)21-13)18(24)25-12-15(23)19-10-8-14-6-3-2-4-7-14/h2-7,9,11H,8,10,12H2,1H3,(H,19,23). The first-order chi connectivity index (χ1) is 12.1. The Balaban J connectivity index is 1.51. The van der Waals surface area contributed by atoms with Crippen molar-refractivity contribution < 1.29 is 14.3 Å². The molecular weight excluding hydrogens is 320 g/mol. The minimum Gasteiger partial charge on any atom is -0.452 e. The monoisotopic (exact) mass is 338 g/mol. The van der Waals surface area contributed by atoms with Crippen LogP contribution < -0.4 is 5.32 Å². The highest BCUT2D eigenvalue weighted by atomic mass is 16.5. The predicted molar refractivity (Wildman–Crippen MR) is 91.2 cm³/mol. The van der Waals surface area contributed by atoms with Crippen molar-refractivity contribution in [2.45, 2.75) is 13.3 Å². The molecule has 7 heteroatoms. The minimum absolute atomic E-state index is 0.276. The zero-order valence-electron chi connectivity index (χ0n) is 13.8. The summed E-state index contributed by atoms with van der Waals surface area (Å²) in [6.07, 6.45) is 3.99. The van der Waals surface area contributed by atoms with Crippen LogP contribution in [-0.2, 0) is 16.0 Å². The fraction of sp³-hybridized carbons (Fsp3) is 0.222. The number of carbonyl (C=O) groups excluding carboxylic acids is 2. The van der Waals surface area contributed by atoms with E-state index in [1.807, 2.05) is 30.3 Å². The van der Waals surface area contributed by atoms with Gasteiger partial charge in [0.15, 0.2) is 12.3 Å². The smallest absolute Gasteiger partial charge is 0.344 e. The van der Waals surface area contributed by atoms with Crippen LogP contribution in [0.5, 0.6) is 0 Å². The lowest BCUT2D eigenvalue weighted by atomic mass is 10.1. The lowest BCUT2D eigenvalue weighted by molar-refractivity contribution is -0.124. The van der Waals surface area contributed by atoms with E-state index >= 15 is 0 Å². The SMILES string of the molecule is Cc1nn2cccnc2c1C(=O)OCC(=O)NCCc1ccccc1. The van der Waals surface area contributed by atoms with Gasteiger partial charge in [-0.15, -0.1) is 0 Å². The molecule has 1 aromatic carbocycles. The highest BCUT2D eigenvalue weighted by Gasteiger charge is 2.20. The molecule has 0 radical (unpaired) electrons. The number of aromatic nitrogens is 3. The maximum absolute atomic E-state index is 12.2. The van der Waals surface area contributed by atoms with Crippen molar-refractivity contribution in [3.05, 3.63) is 65.6 Å². The normalized spacial score (nSPS) is 10.6. The molecule has 0 fully saturated rings. The second kappa shape index (κ2) is 7.57. The van der Waals surface area contributed by atoms with E-state index in [9.17, 15) is 9.59 Å². The van der Waals surface area contributed by atoms with E-state index in [1.54, 1.807) is 25.4 Å². The van der Waals surface area contributed by atoms with Gasteiger partial charge in [0.1, 0.15) is 5.56 Å². The van der Waals surface area contributed by atoms with Crippen LogP contribution in [0.3, 0.4) is 0 Å². The third kappa shape index (κ3) is 4.00. The number of fused-ring (bicyclic) bond motifs is 1. The molecule has 0 unspecified atom stereocenters. The van der Waals surface area contributed by atoms with Gasteiger partial charge in [-0.05, 0) is 25.0 Å². The molecule has 0 bridgehead atoms. The first-order valence-corrected chi connectivity index (χ1v) is 7.93.